The van der Waals surface area contributed by atoms with E-state index in [1.807, 2.05) is 37.3 Å². The number of carbonyl (C=O) groups excluding carboxylic acids is 1. The number of benzene rings is 2. The summed E-state index contributed by atoms with van der Waals surface area (Å²) < 4.78 is 50.6. The lowest BCUT2D eigenvalue weighted by Gasteiger charge is -2.12. The normalized spacial score (nSPS) is 11.9. The molecule has 0 fully saturated rings. The number of rotatable bonds is 6. The van der Waals surface area contributed by atoms with Crippen LogP contribution in [0.15, 0.2) is 71.9 Å². The largest absolute Gasteiger partial charge is 0.478 e. The highest BCUT2D eigenvalue weighted by atomic mass is 19.4. The molecule has 0 saturated heterocycles. The van der Waals surface area contributed by atoms with Crippen molar-refractivity contribution in [3.63, 3.8) is 0 Å². The molecule has 9 heteroatoms. The predicted molar refractivity (Wildman–Crippen MR) is 107 cm³/mol. The van der Waals surface area contributed by atoms with Crippen LogP contribution in [0.4, 0.5) is 18.0 Å². The minimum atomic E-state index is -4.47. The Morgan fingerprint density at radius 1 is 1.10 bits per heavy atom. The Bertz CT molecular complexity index is 1100. The van der Waals surface area contributed by atoms with Crippen LogP contribution in [0.1, 0.15) is 24.5 Å². The number of carbonyl (C=O) groups is 1. The van der Waals surface area contributed by atoms with E-state index in [0.29, 0.717) is 12.5 Å². The predicted octanol–water partition coefficient (Wildman–Crippen LogP) is 4.92. The Morgan fingerprint density at radius 2 is 1.87 bits per heavy atom. The molecule has 1 amide bonds. The molecule has 0 aliphatic rings. The number of alkyl halides is 3. The summed E-state index contributed by atoms with van der Waals surface area (Å²) in [5, 5.41) is 4.48. The van der Waals surface area contributed by atoms with Gasteiger partial charge >= 0.3 is 12.3 Å². The molecular weight excluding hydrogens is 411 g/mol. The number of amides is 1. The minimum Gasteiger partial charge on any atom is -0.478 e. The van der Waals surface area contributed by atoms with Gasteiger partial charge in [0.2, 0.25) is 5.88 Å². The molecule has 0 radical (unpaired) electrons. The lowest BCUT2D eigenvalue weighted by atomic mass is 10.1. The van der Waals surface area contributed by atoms with Gasteiger partial charge in [0.15, 0.2) is 0 Å². The molecule has 162 valence electrons. The van der Waals surface area contributed by atoms with Gasteiger partial charge in [-0.1, -0.05) is 37.3 Å². The zero-order chi connectivity index (χ0) is 22.3. The fourth-order valence-electron chi connectivity index (χ4n) is 2.65. The van der Waals surface area contributed by atoms with Gasteiger partial charge < -0.3 is 9.47 Å². The van der Waals surface area contributed by atoms with Crippen LogP contribution < -0.4 is 10.1 Å². The summed E-state index contributed by atoms with van der Waals surface area (Å²) in [6.45, 7) is 2.06. The minimum absolute atomic E-state index is 0.201. The topological polar surface area (TPSA) is 65.7 Å². The summed E-state index contributed by atoms with van der Waals surface area (Å²) in [4.78, 5) is 15.9. The summed E-state index contributed by atoms with van der Waals surface area (Å²) in [6.07, 6.45) is -3.27. The van der Waals surface area contributed by atoms with Crippen molar-refractivity contribution in [1.82, 2.24) is 9.78 Å². The van der Waals surface area contributed by atoms with Crippen molar-refractivity contribution in [2.24, 2.45) is 4.99 Å². The zero-order valence-electron chi connectivity index (χ0n) is 16.7. The summed E-state index contributed by atoms with van der Waals surface area (Å²) in [6, 6.07) is 15.4. The van der Waals surface area contributed by atoms with Crippen molar-refractivity contribution < 1.29 is 27.4 Å². The van der Waals surface area contributed by atoms with Gasteiger partial charge in [0, 0.05) is 6.07 Å². The highest BCUT2D eigenvalue weighted by Gasteiger charge is 2.30. The van der Waals surface area contributed by atoms with Crippen molar-refractivity contribution >= 4 is 6.09 Å². The van der Waals surface area contributed by atoms with Crippen LogP contribution in [0.5, 0.6) is 5.88 Å². The van der Waals surface area contributed by atoms with Crippen LogP contribution in [0.3, 0.4) is 0 Å². The van der Waals surface area contributed by atoms with E-state index in [-0.39, 0.29) is 17.5 Å². The molecule has 3 aromatic rings. The molecule has 3 rings (SSSR count). The van der Waals surface area contributed by atoms with Crippen LogP contribution in [0.25, 0.3) is 5.69 Å². The Hall–Kier alpha value is -3.62. The second kappa shape index (κ2) is 9.92. The van der Waals surface area contributed by atoms with E-state index in [0.717, 1.165) is 24.2 Å². The number of hydrogen-bond donors (Lipinski definition) is 0. The number of ether oxygens (including phenoxy) is 2. The average Bonchev–Trinajstić information content (AvgIpc) is 2.76. The lowest BCUT2D eigenvalue weighted by Crippen LogP contribution is -2.16. The van der Waals surface area contributed by atoms with E-state index < -0.39 is 17.8 Å². The van der Waals surface area contributed by atoms with Crippen LogP contribution in [-0.4, -0.2) is 22.5 Å². The highest BCUT2D eigenvalue weighted by Crippen LogP contribution is 2.29. The summed E-state index contributed by atoms with van der Waals surface area (Å²) in [7, 11) is 0. The fourth-order valence-corrected chi connectivity index (χ4v) is 2.65. The molecule has 31 heavy (non-hydrogen) atoms. The third kappa shape index (κ3) is 6.18. The first-order valence-electron chi connectivity index (χ1n) is 9.52. The van der Waals surface area contributed by atoms with Crippen LogP contribution >= 0.6 is 0 Å². The molecule has 0 atom stereocenters. The Morgan fingerprint density at radius 3 is 2.58 bits per heavy atom. The maximum Gasteiger partial charge on any atom is 0.434 e. The van der Waals surface area contributed by atoms with Gasteiger partial charge in [-0.15, -0.1) is 0 Å². The Labute approximate surface area is 176 Å². The first kappa shape index (κ1) is 22.1. The number of hydrogen-bond acceptors (Lipinski definition) is 4. The van der Waals surface area contributed by atoms with Crippen molar-refractivity contribution in [2.75, 3.05) is 6.61 Å². The third-order valence-electron chi connectivity index (χ3n) is 4.08. The van der Waals surface area contributed by atoms with Crippen LogP contribution in [0.2, 0.25) is 0 Å². The standard InChI is InChI=1S/C22H20F3N3O3/c1-2-11-30-20-13-18(14-26-28(20)19-9-4-3-5-10-19)27-21(29)31-15-16-7-6-8-17(12-16)22(23,24)25/h3-10,12-14H,2,11,15H2,1H3. The van der Waals surface area contributed by atoms with E-state index in [1.165, 1.54) is 18.3 Å². The highest BCUT2D eigenvalue weighted by molar-refractivity contribution is 5.68. The molecule has 2 aromatic carbocycles. The monoisotopic (exact) mass is 431 g/mol. The maximum atomic E-state index is 12.8. The van der Waals surface area contributed by atoms with Gasteiger partial charge in [0.05, 0.1) is 29.4 Å². The molecule has 0 aliphatic heterocycles. The Balaban J connectivity index is 1.77. The molecular formula is C22H20F3N3O3. The van der Waals surface area contributed by atoms with E-state index in [4.69, 9.17) is 9.47 Å². The van der Waals surface area contributed by atoms with Gasteiger partial charge in [-0.25, -0.2) is 9.48 Å². The average molecular weight is 431 g/mol. The van der Waals surface area contributed by atoms with Crippen molar-refractivity contribution in [1.29, 1.82) is 0 Å². The molecule has 0 N–H and O–H groups in total. The molecule has 1 heterocycles. The molecule has 0 saturated carbocycles. The fraction of sp³-hybridized carbons (Fsp3) is 0.227. The molecule has 6 nitrogen and oxygen atoms in total. The molecule has 0 bridgehead atoms. The van der Waals surface area contributed by atoms with Crippen molar-refractivity contribution in [3.8, 4) is 11.6 Å². The Kier molecular flexibility index (Phi) is 7.07. The van der Waals surface area contributed by atoms with Gasteiger partial charge in [0.1, 0.15) is 6.61 Å². The smallest absolute Gasteiger partial charge is 0.434 e. The van der Waals surface area contributed by atoms with Gasteiger partial charge in [-0.2, -0.15) is 23.3 Å². The van der Waals surface area contributed by atoms with Crippen LogP contribution in [0, 0.1) is 0 Å². The second-order valence-corrected chi connectivity index (χ2v) is 6.51. The molecule has 1 aromatic heterocycles. The first-order valence-corrected chi connectivity index (χ1v) is 9.52. The summed E-state index contributed by atoms with van der Waals surface area (Å²) >= 11 is 0. The maximum absolute atomic E-state index is 12.8. The second-order valence-electron chi connectivity index (χ2n) is 6.51. The van der Waals surface area contributed by atoms with E-state index >= 15 is 0 Å². The van der Waals surface area contributed by atoms with Crippen LogP contribution in [-0.2, 0) is 17.5 Å². The van der Waals surface area contributed by atoms with E-state index in [1.54, 1.807) is 10.7 Å². The molecule has 0 aliphatic carbocycles. The quantitative estimate of drug-likeness (QED) is 0.556. The van der Waals surface area contributed by atoms with E-state index in [2.05, 4.69) is 10.1 Å². The number of nitrogens with zero attached hydrogens (tertiary/aromatic N) is 3. The van der Waals surface area contributed by atoms with Crippen molar-refractivity contribution in [3.05, 3.63) is 83.3 Å². The van der Waals surface area contributed by atoms with Crippen molar-refractivity contribution in [2.45, 2.75) is 26.1 Å². The van der Waals surface area contributed by atoms with Gasteiger partial charge in [-0.05, 0) is 36.2 Å². The lowest BCUT2D eigenvalue weighted by molar-refractivity contribution is -0.137. The summed E-state index contributed by atoms with van der Waals surface area (Å²) in [5.74, 6) is 0.389. The van der Waals surface area contributed by atoms with Gasteiger partial charge in [0.25, 0.3) is 0 Å². The molecule has 0 spiro atoms. The van der Waals surface area contributed by atoms with Gasteiger partial charge in [-0.3, -0.25) is 0 Å². The summed E-state index contributed by atoms with van der Waals surface area (Å²) in [5.41, 5.74) is 0.166. The molecule has 0 unspecified atom stereocenters. The first-order chi connectivity index (χ1) is 14.9. The third-order valence-corrected chi connectivity index (χ3v) is 4.08. The SMILES string of the molecule is CCCOc1cc(=NC(=O)OCc2cccc(C(F)(F)F)c2)cnn1-c1ccccc1. The zero-order valence-corrected chi connectivity index (χ0v) is 16.7. The van der Waals surface area contributed by atoms with E-state index in [9.17, 15) is 18.0 Å². The number of halogens is 3. The number of aromatic nitrogens is 2. The number of para-hydroxylation sites is 1.